The molecule has 0 fully saturated rings. The molecule has 0 saturated heterocycles. The van der Waals surface area contributed by atoms with Gasteiger partial charge in [-0.15, -0.1) is 8.78 Å². The number of carbonyl (C=O) groups is 2. The number of hydrogen-bond acceptors (Lipinski definition) is 4. The lowest BCUT2D eigenvalue weighted by atomic mass is 10.6. The summed E-state index contributed by atoms with van der Waals surface area (Å²) < 4.78 is 30.0. The first-order valence-electron chi connectivity index (χ1n) is 2.73. The average Bonchev–Trinajstić information content (AvgIpc) is 1.95. The molecule has 0 rings (SSSR count). The van der Waals surface area contributed by atoms with Crippen LogP contribution in [-0.2, 0) is 9.47 Å². The Morgan fingerprint density at radius 3 is 1.58 bits per heavy atom. The van der Waals surface area contributed by atoms with Crippen molar-refractivity contribution in [3.8, 4) is 11.8 Å². The van der Waals surface area contributed by atoms with Crippen molar-refractivity contribution in [3.05, 3.63) is 0 Å². The Balaban J connectivity index is 3.35. The van der Waals surface area contributed by atoms with Crippen LogP contribution in [0.1, 0.15) is 0 Å². The van der Waals surface area contributed by atoms with Crippen molar-refractivity contribution in [2.75, 3.05) is 13.2 Å². The van der Waals surface area contributed by atoms with Gasteiger partial charge in [-0.1, -0.05) is 11.8 Å². The Morgan fingerprint density at radius 2 is 1.33 bits per heavy atom. The Hall–Kier alpha value is -1.64. The molecule has 0 amide bonds. The highest BCUT2D eigenvalue weighted by Gasteiger charge is 1.93. The van der Waals surface area contributed by atoms with Gasteiger partial charge in [0.2, 0.25) is 0 Å². The second-order valence-electron chi connectivity index (χ2n) is 1.41. The third kappa shape index (κ3) is 8.36. The highest BCUT2D eigenvalue weighted by Crippen LogP contribution is 1.81. The molecule has 0 aromatic rings. The van der Waals surface area contributed by atoms with E-state index in [0.717, 1.165) is 0 Å². The summed E-state index contributed by atoms with van der Waals surface area (Å²) in [5.41, 5.74) is 0. The maximum absolute atomic E-state index is 11.3. The summed E-state index contributed by atoms with van der Waals surface area (Å²) in [6, 6.07) is 0. The van der Waals surface area contributed by atoms with E-state index in [1.165, 1.54) is 0 Å². The summed E-state index contributed by atoms with van der Waals surface area (Å²) in [5.74, 6) is 4.19. The van der Waals surface area contributed by atoms with Crippen LogP contribution in [0.25, 0.3) is 0 Å². The van der Waals surface area contributed by atoms with E-state index >= 15 is 0 Å². The molecule has 0 aromatic carbocycles. The van der Waals surface area contributed by atoms with Crippen molar-refractivity contribution < 1.29 is 27.8 Å². The minimum absolute atomic E-state index is 0.459. The summed E-state index contributed by atoms with van der Waals surface area (Å²) in [6.45, 7) is -0.918. The maximum Gasteiger partial charge on any atom is 0.496 e. The van der Waals surface area contributed by atoms with E-state index in [4.69, 9.17) is 0 Å². The van der Waals surface area contributed by atoms with Crippen molar-refractivity contribution >= 4 is 12.4 Å². The van der Waals surface area contributed by atoms with Gasteiger partial charge >= 0.3 is 12.4 Å². The molecule has 0 aliphatic carbocycles. The van der Waals surface area contributed by atoms with E-state index in [-0.39, 0.29) is 0 Å². The number of halogens is 2. The lowest BCUT2D eigenvalue weighted by Crippen LogP contribution is -1.97. The van der Waals surface area contributed by atoms with Crippen LogP contribution in [-0.4, -0.2) is 25.7 Å². The van der Waals surface area contributed by atoms with E-state index < -0.39 is 25.7 Å². The largest absolute Gasteiger partial charge is 0.496 e. The molecule has 0 N–H and O–H groups in total. The molecular weight excluding hydrogens is 174 g/mol. The number of ether oxygens (including phenoxy) is 2. The standard InChI is InChI=1S/C6H4F2O4/c7-5(9)11-3-1-2-4-12-6(8)10/h3-4H2. The molecule has 12 heavy (non-hydrogen) atoms. The number of carbonyl (C=O) groups excluding carboxylic acids is 2. The molecule has 0 aliphatic rings. The molecule has 0 aliphatic heterocycles. The van der Waals surface area contributed by atoms with Crippen LogP contribution >= 0.6 is 0 Å². The van der Waals surface area contributed by atoms with Crippen molar-refractivity contribution in [1.82, 2.24) is 0 Å². The summed E-state index contributed by atoms with van der Waals surface area (Å²) >= 11 is 0. The smallest absolute Gasteiger partial charge is 0.427 e. The quantitative estimate of drug-likeness (QED) is 0.471. The highest BCUT2D eigenvalue weighted by atomic mass is 19.2. The lowest BCUT2D eigenvalue weighted by molar-refractivity contribution is 0.131. The molecule has 0 atom stereocenters. The molecule has 0 radical (unpaired) electrons. The molecule has 6 heteroatoms. The van der Waals surface area contributed by atoms with E-state index in [1.54, 1.807) is 0 Å². The predicted molar refractivity (Wildman–Crippen MR) is 32.7 cm³/mol. The van der Waals surface area contributed by atoms with Gasteiger partial charge in [-0.25, -0.2) is 9.59 Å². The topological polar surface area (TPSA) is 52.6 Å². The molecule has 0 spiro atoms. The number of hydrogen-bond donors (Lipinski definition) is 0. The molecular formula is C6H4F2O4. The second-order valence-corrected chi connectivity index (χ2v) is 1.41. The summed E-state index contributed by atoms with van der Waals surface area (Å²) in [6.07, 6.45) is -3.90. The molecule has 0 aromatic heterocycles. The highest BCUT2D eigenvalue weighted by molar-refractivity contribution is 5.58. The van der Waals surface area contributed by atoms with Crippen LogP contribution in [0.15, 0.2) is 0 Å². The van der Waals surface area contributed by atoms with E-state index in [9.17, 15) is 18.4 Å². The first-order chi connectivity index (χ1) is 5.63. The Kier molecular flexibility index (Phi) is 5.26. The summed E-state index contributed by atoms with van der Waals surface area (Å²) in [5, 5.41) is 0. The van der Waals surface area contributed by atoms with Crippen molar-refractivity contribution in [2.24, 2.45) is 0 Å². The molecule has 66 valence electrons. The van der Waals surface area contributed by atoms with Crippen LogP contribution in [0, 0.1) is 11.8 Å². The van der Waals surface area contributed by atoms with Gasteiger partial charge in [0, 0.05) is 0 Å². The fourth-order valence-corrected chi connectivity index (χ4v) is 0.288. The van der Waals surface area contributed by atoms with Gasteiger partial charge in [-0.3, -0.25) is 0 Å². The summed E-state index contributed by atoms with van der Waals surface area (Å²) in [4.78, 5) is 19.0. The first kappa shape index (κ1) is 10.4. The van der Waals surface area contributed by atoms with Gasteiger partial charge in [0.15, 0.2) is 13.2 Å². The van der Waals surface area contributed by atoms with Gasteiger partial charge < -0.3 is 9.47 Å². The van der Waals surface area contributed by atoms with Crippen LogP contribution in [0.4, 0.5) is 18.4 Å². The molecule has 4 nitrogen and oxygen atoms in total. The minimum atomic E-state index is -1.95. The third-order valence-corrected chi connectivity index (χ3v) is 0.641. The van der Waals surface area contributed by atoms with E-state index in [2.05, 4.69) is 21.3 Å². The van der Waals surface area contributed by atoms with Gasteiger partial charge in [0.1, 0.15) is 0 Å². The number of rotatable bonds is 2. The fourth-order valence-electron chi connectivity index (χ4n) is 0.288. The van der Waals surface area contributed by atoms with Gasteiger partial charge in [0.05, 0.1) is 0 Å². The zero-order valence-electron chi connectivity index (χ0n) is 5.80. The minimum Gasteiger partial charge on any atom is -0.427 e. The maximum atomic E-state index is 11.3. The third-order valence-electron chi connectivity index (χ3n) is 0.641. The molecule has 0 unspecified atom stereocenters. The van der Waals surface area contributed by atoms with Crippen molar-refractivity contribution in [3.63, 3.8) is 0 Å². The van der Waals surface area contributed by atoms with Crippen molar-refractivity contribution in [1.29, 1.82) is 0 Å². The van der Waals surface area contributed by atoms with E-state index in [0.29, 0.717) is 0 Å². The molecule has 0 heterocycles. The normalized spacial score (nSPS) is 7.83. The fraction of sp³-hybridized carbons (Fsp3) is 0.333. The van der Waals surface area contributed by atoms with Gasteiger partial charge in [-0.2, -0.15) is 0 Å². The van der Waals surface area contributed by atoms with Crippen LogP contribution in [0.2, 0.25) is 0 Å². The Labute approximate surface area is 66.4 Å². The monoisotopic (exact) mass is 178 g/mol. The molecule has 0 saturated carbocycles. The van der Waals surface area contributed by atoms with Gasteiger partial charge in [0.25, 0.3) is 0 Å². The van der Waals surface area contributed by atoms with Crippen LogP contribution in [0.3, 0.4) is 0 Å². The van der Waals surface area contributed by atoms with Crippen LogP contribution in [0.5, 0.6) is 0 Å². The zero-order valence-corrected chi connectivity index (χ0v) is 5.80. The SMILES string of the molecule is O=C(F)OCC#CCOC(=O)F. The van der Waals surface area contributed by atoms with Crippen LogP contribution < -0.4 is 0 Å². The zero-order chi connectivity index (χ0) is 9.40. The van der Waals surface area contributed by atoms with E-state index in [1.807, 2.05) is 0 Å². The average molecular weight is 178 g/mol. The van der Waals surface area contributed by atoms with Gasteiger partial charge in [-0.05, 0) is 0 Å². The lowest BCUT2D eigenvalue weighted by Gasteiger charge is -1.89. The Morgan fingerprint density at radius 1 is 1.00 bits per heavy atom. The Bertz CT molecular complexity index is 205. The first-order valence-corrected chi connectivity index (χ1v) is 2.73. The summed E-state index contributed by atoms with van der Waals surface area (Å²) in [7, 11) is 0. The second kappa shape index (κ2) is 6.09. The predicted octanol–water partition coefficient (Wildman–Crippen LogP) is 1.20. The molecule has 0 bridgehead atoms. The van der Waals surface area contributed by atoms with Crippen molar-refractivity contribution in [2.45, 2.75) is 0 Å².